The number of likely N-dealkylation sites (N-methyl/N-ethyl adjacent to an activating group) is 2. The molecule has 0 spiro atoms. The maximum Gasteiger partial charge on any atom is 0.331 e. The molecule has 4 fully saturated rings. The average Bonchev–Trinajstić information content (AvgIpc) is 4.04. The highest BCUT2D eigenvalue weighted by Crippen LogP contribution is 2.54. The number of benzene rings is 1. The summed E-state index contributed by atoms with van der Waals surface area (Å²) in [5.41, 5.74) is 8.67. The van der Waals surface area contributed by atoms with Crippen molar-refractivity contribution in [2.75, 3.05) is 61.9 Å². The number of aromatic nitrogens is 5. The molecule has 2 aliphatic heterocycles. The number of aryl methyl sites for hydroxylation is 1. The number of carbonyl (C=O) groups is 2. The predicted molar refractivity (Wildman–Crippen MR) is 188 cm³/mol. The lowest BCUT2D eigenvalue weighted by Crippen LogP contribution is -2.44. The smallest absolute Gasteiger partial charge is 0.331 e. The van der Waals surface area contributed by atoms with Crippen molar-refractivity contribution in [3.63, 3.8) is 0 Å². The second-order valence-electron chi connectivity index (χ2n) is 14.2. The molecule has 4 aliphatic rings. The summed E-state index contributed by atoms with van der Waals surface area (Å²) in [6.45, 7) is 6.57. The minimum atomic E-state index is -0.314. The van der Waals surface area contributed by atoms with Gasteiger partial charge in [0.15, 0.2) is 5.65 Å². The number of imidazole rings is 1. The van der Waals surface area contributed by atoms with Gasteiger partial charge in [0, 0.05) is 91.8 Å². The fraction of sp³-hybridized carbons (Fsp3) is 0.405. The van der Waals surface area contributed by atoms with Crippen molar-refractivity contribution in [1.29, 1.82) is 0 Å². The number of rotatable bonds is 8. The molecule has 9 rings (SSSR count). The molecular weight excluding hydrogens is 616 g/mol. The molecular formula is C37H40N10O2. The maximum atomic E-state index is 13.0. The Kier molecular flexibility index (Phi) is 7.04. The van der Waals surface area contributed by atoms with Crippen LogP contribution in [0.2, 0.25) is 0 Å². The number of carbonyl (C=O) groups excluding carboxylic acids is 2. The van der Waals surface area contributed by atoms with E-state index in [1.54, 1.807) is 4.90 Å². The Morgan fingerprint density at radius 1 is 0.898 bits per heavy atom. The summed E-state index contributed by atoms with van der Waals surface area (Å²) >= 11 is 0. The summed E-state index contributed by atoms with van der Waals surface area (Å²) in [7, 11) is 3.72. The van der Waals surface area contributed by atoms with E-state index in [0.717, 1.165) is 84.9 Å². The molecule has 0 radical (unpaired) electrons. The maximum absolute atomic E-state index is 13.0. The number of nitrogens with one attached hydrogen (secondary N) is 1. The van der Waals surface area contributed by atoms with Crippen LogP contribution in [0.4, 0.5) is 21.9 Å². The van der Waals surface area contributed by atoms with Gasteiger partial charge in [-0.1, -0.05) is 0 Å². The van der Waals surface area contributed by atoms with E-state index in [2.05, 4.69) is 57.6 Å². The average molecular weight is 657 g/mol. The zero-order valence-corrected chi connectivity index (χ0v) is 28.1. The van der Waals surface area contributed by atoms with Gasteiger partial charge in [0.1, 0.15) is 12.4 Å². The Balaban J connectivity index is 1.02. The second-order valence-corrected chi connectivity index (χ2v) is 14.2. The molecule has 6 heterocycles. The molecule has 1 N–H and O–H groups in total. The highest BCUT2D eigenvalue weighted by molar-refractivity contribution is 6.13. The molecule has 2 aliphatic carbocycles. The topological polar surface area (TPSA) is 115 Å². The fourth-order valence-corrected chi connectivity index (χ4v) is 7.35. The van der Waals surface area contributed by atoms with Crippen molar-refractivity contribution in [2.24, 2.45) is 0 Å². The SMILES string of the molecule is Cc1ccnc([C@H]2C[C@@H]2c2cc(N3CCN(C)CC3)c3ccc(NCc4cn5cc(C6CC6)cc(N6CC(=O)N(C)C6=O)c5n4)cc3n2)n1. The first-order valence-corrected chi connectivity index (χ1v) is 17.3. The van der Waals surface area contributed by atoms with Crippen molar-refractivity contribution >= 4 is 45.6 Å². The standard InChI is InChI=1S/C37H40N10O2/c1-22-8-9-38-35(40-22)29-16-28(29)31-17-32(45-12-10-43(2)11-13-45)27-7-6-25(15-30(27)42-31)39-18-26-20-46-19-24(23-4-5-23)14-33(36(46)41-26)47-21-34(48)44(3)37(47)49/h6-9,14-15,17,19-20,23,28-29,39H,4-5,10-13,16,18,21H2,1-3H3/t28-,29-/m0/s1. The molecule has 0 bridgehead atoms. The van der Waals surface area contributed by atoms with Crippen molar-refractivity contribution < 1.29 is 9.59 Å². The molecule has 4 aromatic heterocycles. The van der Waals surface area contributed by atoms with Gasteiger partial charge in [-0.3, -0.25) is 19.6 Å². The summed E-state index contributed by atoms with van der Waals surface area (Å²) in [5, 5.41) is 4.74. The number of imide groups is 1. The number of pyridine rings is 2. The largest absolute Gasteiger partial charge is 0.379 e. The van der Waals surface area contributed by atoms with Gasteiger partial charge in [-0.25, -0.2) is 19.7 Å². The van der Waals surface area contributed by atoms with Crippen LogP contribution in [0.15, 0.2) is 55.0 Å². The number of fused-ring (bicyclic) bond motifs is 2. The Labute approximate surface area is 284 Å². The molecule has 49 heavy (non-hydrogen) atoms. The highest BCUT2D eigenvalue weighted by Gasteiger charge is 2.43. The molecule has 3 amide bonds. The normalized spacial score (nSPS) is 21.4. The number of hydrogen-bond donors (Lipinski definition) is 1. The summed E-state index contributed by atoms with van der Waals surface area (Å²) in [6, 6.07) is 12.4. The van der Waals surface area contributed by atoms with E-state index in [1.165, 1.54) is 23.2 Å². The zero-order chi connectivity index (χ0) is 33.4. The number of hydrogen-bond acceptors (Lipinski definition) is 9. The van der Waals surface area contributed by atoms with Crippen LogP contribution in [0.3, 0.4) is 0 Å². The van der Waals surface area contributed by atoms with E-state index in [4.69, 9.17) is 15.0 Å². The monoisotopic (exact) mass is 656 g/mol. The van der Waals surface area contributed by atoms with Crippen LogP contribution < -0.4 is 15.1 Å². The highest BCUT2D eigenvalue weighted by atomic mass is 16.2. The van der Waals surface area contributed by atoms with Gasteiger partial charge in [-0.15, -0.1) is 0 Å². The Hall–Kier alpha value is -5.10. The van der Waals surface area contributed by atoms with Gasteiger partial charge in [-0.05, 0) is 81.1 Å². The van der Waals surface area contributed by atoms with Crippen molar-refractivity contribution in [3.05, 3.63) is 83.5 Å². The van der Waals surface area contributed by atoms with E-state index in [9.17, 15) is 9.59 Å². The molecule has 2 saturated carbocycles. The number of amides is 3. The van der Waals surface area contributed by atoms with Crippen LogP contribution in [0.1, 0.15) is 65.5 Å². The lowest BCUT2D eigenvalue weighted by Gasteiger charge is -2.35. The minimum absolute atomic E-state index is 0.0291. The van der Waals surface area contributed by atoms with Gasteiger partial charge in [0.05, 0.1) is 23.4 Å². The van der Waals surface area contributed by atoms with Gasteiger partial charge < -0.3 is 19.5 Å². The molecule has 5 aromatic rings. The second kappa shape index (κ2) is 11.5. The number of anilines is 3. The molecule has 12 heteroatoms. The Morgan fingerprint density at radius 3 is 2.49 bits per heavy atom. The molecule has 2 atom stereocenters. The molecule has 2 saturated heterocycles. The quantitative estimate of drug-likeness (QED) is 0.233. The van der Waals surface area contributed by atoms with Crippen LogP contribution in [-0.4, -0.2) is 92.9 Å². The van der Waals surface area contributed by atoms with Crippen molar-refractivity contribution in [1.82, 2.24) is 34.1 Å². The first kappa shape index (κ1) is 30.0. The minimum Gasteiger partial charge on any atom is -0.379 e. The van der Waals surface area contributed by atoms with E-state index in [0.29, 0.717) is 35.6 Å². The Bertz CT molecular complexity index is 2130. The lowest BCUT2D eigenvalue weighted by atomic mass is 10.1. The van der Waals surface area contributed by atoms with Crippen molar-refractivity contribution in [2.45, 2.75) is 50.5 Å². The predicted octanol–water partition coefficient (Wildman–Crippen LogP) is 4.89. The first-order valence-electron chi connectivity index (χ1n) is 17.3. The summed E-state index contributed by atoms with van der Waals surface area (Å²) < 4.78 is 2.01. The number of nitrogens with zero attached hydrogens (tertiary/aromatic N) is 9. The van der Waals surface area contributed by atoms with Crippen LogP contribution >= 0.6 is 0 Å². The van der Waals surface area contributed by atoms with Crippen LogP contribution in [0, 0.1) is 6.92 Å². The third-order valence-corrected chi connectivity index (χ3v) is 10.6. The van der Waals surface area contributed by atoms with Crippen LogP contribution in [0.25, 0.3) is 16.6 Å². The molecule has 12 nitrogen and oxygen atoms in total. The summed E-state index contributed by atoms with van der Waals surface area (Å²) in [5.74, 6) is 1.79. The van der Waals surface area contributed by atoms with Gasteiger partial charge >= 0.3 is 6.03 Å². The van der Waals surface area contributed by atoms with E-state index in [-0.39, 0.29) is 18.5 Å². The molecule has 1 aromatic carbocycles. The van der Waals surface area contributed by atoms with Crippen molar-refractivity contribution in [3.8, 4) is 0 Å². The lowest BCUT2D eigenvalue weighted by molar-refractivity contribution is -0.123. The zero-order valence-electron chi connectivity index (χ0n) is 28.1. The van der Waals surface area contributed by atoms with Gasteiger partial charge in [0.2, 0.25) is 5.91 Å². The fourth-order valence-electron chi connectivity index (χ4n) is 7.35. The van der Waals surface area contributed by atoms with E-state index in [1.807, 2.05) is 35.9 Å². The molecule has 0 unspecified atom stereocenters. The van der Waals surface area contributed by atoms with Crippen LogP contribution in [-0.2, 0) is 11.3 Å². The van der Waals surface area contributed by atoms with E-state index >= 15 is 0 Å². The number of piperazine rings is 1. The van der Waals surface area contributed by atoms with Gasteiger partial charge in [-0.2, -0.15) is 0 Å². The summed E-state index contributed by atoms with van der Waals surface area (Å²) in [6.07, 6.45) is 9.27. The third-order valence-electron chi connectivity index (χ3n) is 10.6. The summed E-state index contributed by atoms with van der Waals surface area (Å²) in [4.78, 5) is 52.5. The third kappa shape index (κ3) is 5.53. The number of urea groups is 1. The Morgan fingerprint density at radius 2 is 1.73 bits per heavy atom. The van der Waals surface area contributed by atoms with Crippen LogP contribution in [0.5, 0.6) is 0 Å². The van der Waals surface area contributed by atoms with E-state index < -0.39 is 0 Å². The first-order chi connectivity index (χ1) is 23.8. The van der Waals surface area contributed by atoms with Gasteiger partial charge in [0.25, 0.3) is 0 Å². The molecule has 250 valence electrons.